The summed E-state index contributed by atoms with van der Waals surface area (Å²) in [4.78, 5) is 24.3. The summed E-state index contributed by atoms with van der Waals surface area (Å²) in [5.74, 6) is -0.423. The van der Waals surface area contributed by atoms with Gasteiger partial charge in [0.05, 0.1) is 27.6 Å². The van der Waals surface area contributed by atoms with Crippen molar-refractivity contribution in [2.24, 2.45) is 5.10 Å². The fraction of sp³-hybridized carbons (Fsp3) is 0.125. The van der Waals surface area contributed by atoms with Gasteiger partial charge in [-0.3, -0.25) is 4.79 Å². The number of carboxylic acids is 1. The van der Waals surface area contributed by atoms with Crippen LogP contribution in [0.2, 0.25) is 5.02 Å². The number of furan rings is 1. The van der Waals surface area contributed by atoms with Crippen molar-refractivity contribution < 1.29 is 19.1 Å². The molecule has 0 saturated heterocycles. The largest absolute Gasteiger partial charge is 0.478 e. The number of halogens is 1. The van der Waals surface area contributed by atoms with Crippen LogP contribution in [0.5, 0.6) is 0 Å². The summed E-state index contributed by atoms with van der Waals surface area (Å²) in [6, 6.07) is 13.8. The van der Waals surface area contributed by atoms with Gasteiger partial charge >= 0.3 is 5.97 Å². The molecule has 31 heavy (non-hydrogen) atoms. The summed E-state index contributed by atoms with van der Waals surface area (Å²) in [5, 5.41) is 15.2. The van der Waals surface area contributed by atoms with Crippen LogP contribution in [0.15, 0.2) is 63.6 Å². The highest BCUT2D eigenvalue weighted by molar-refractivity contribution is 6.33. The van der Waals surface area contributed by atoms with Gasteiger partial charge in [0.25, 0.3) is 5.91 Å². The molecule has 0 saturated carbocycles. The van der Waals surface area contributed by atoms with Crippen molar-refractivity contribution >= 4 is 41.0 Å². The van der Waals surface area contributed by atoms with Crippen LogP contribution in [-0.4, -0.2) is 22.7 Å². The average molecular weight is 435 g/mol. The maximum absolute atomic E-state index is 13.0. The molecule has 3 aromatic rings. The van der Waals surface area contributed by atoms with Gasteiger partial charge in [-0.15, -0.1) is 0 Å². The van der Waals surface area contributed by atoms with E-state index >= 15 is 0 Å². The lowest BCUT2D eigenvalue weighted by Gasteiger charge is -2.13. The highest BCUT2D eigenvalue weighted by Crippen LogP contribution is 2.30. The van der Waals surface area contributed by atoms with Crippen molar-refractivity contribution in [2.75, 3.05) is 5.01 Å². The van der Waals surface area contributed by atoms with Crippen molar-refractivity contribution in [1.29, 1.82) is 0 Å². The van der Waals surface area contributed by atoms with E-state index in [1.54, 1.807) is 31.2 Å². The first-order chi connectivity index (χ1) is 14.7. The molecule has 0 unspecified atom stereocenters. The first kappa shape index (κ1) is 20.6. The molecule has 1 aromatic heterocycles. The fourth-order valence-electron chi connectivity index (χ4n) is 3.29. The molecule has 2 aromatic carbocycles. The number of hydrogen-bond donors (Lipinski definition) is 1. The first-order valence-corrected chi connectivity index (χ1v) is 9.94. The Morgan fingerprint density at radius 3 is 2.55 bits per heavy atom. The van der Waals surface area contributed by atoms with E-state index in [9.17, 15) is 14.7 Å². The number of rotatable bonds is 4. The number of aromatic carboxylic acids is 1. The number of nitrogens with zero attached hydrogens (tertiary/aromatic N) is 2. The van der Waals surface area contributed by atoms with E-state index in [-0.39, 0.29) is 16.5 Å². The molecule has 4 rings (SSSR count). The molecule has 0 fully saturated rings. The van der Waals surface area contributed by atoms with E-state index < -0.39 is 5.97 Å². The van der Waals surface area contributed by atoms with Crippen LogP contribution < -0.4 is 5.01 Å². The zero-order chi connectivity index (χ0) is 22.3. The Bertz CT molecular complexity index is 1290. The molecular formula is C24H19ClN2O4. The second kappa shape index (κ2) is 7.89. The topological polar surface area (TPSA) is 83.1 Å². The third-order valence-electron chi connectivity index (χ3n) is 5.19. The Hall–Kier alpha value is -3.64. The SMILES string of the molecule is CC1=NN(c2ccc(C)c(C)c2)C(=O)C1=Cc1ccc(-c2ccc(Cl)c(C(=O)O)c2)o1. The van der Waals surface area contributed by atoms with Crippen LogP contribution in [0.4, 0.5) is 5.69 Å². The van der Waals surface area contributed by atoms with Crippen LogP contribution in [0.1, 0.15) is 34.2 Å². The lowest BCUT2D eigenvalue weighted by atomic mass is 10.1. The Kier molecular flexibility index (Phi) is 5.25. The standard InChI is InChI=1S/C24H19ClN2O4/c1-13-4-6-17(10-14(13)2)27-23(28)19(15(3)26-27)12-18-7-9-22(31-18)16-5-8-21(25)20(11-16)24(29)30/h4-12H,1-3H3,(H,29,30). The minimum Gasteiger partial charge on any atom is -0.478 e. The van der Waals surface area contributed by atoms with Crippen molar-refractivity contribution in [3.63, 3.8) is 0 Å². The molecule has 0 atom stereocenters. The van der Waals surface area contributed by atoms with E-state index in [2.05, 4.69) is 5.10 Å². The maximum atomic E-state index is 13.0. The van der Waals surface area contributed by atoms with E-state index in [1.807, 2.05) is 32.0 Å². The lowest BCUT2D eigenvalue weighted by Crippen LogP contribution is -2.21. The summed E-state index contributed by atoms with van der Waals surface area (Å²) in [5.41, 5.74) is 4.51. The smallest absolute Gasteiger partial charge is 0.337 e. The highest BCUT2D eigenvalue weighted by Gasteiger charge is 2.29. The van der Waals surface area contributed by atoms with Gasteiger partial charge in [0, 0.05) is 5.56 Å². The molecule has 1 N–H and O–H groups in total. The van der Waals surface area contributed by atoms with Gasteiger partial charge < -0.3 is 9.52 Å². The Morgan fingerprint density at radius 1 is 1.06 bits per heavy atom. The predicted octanol–water partition coefficient (Wildman–Crippen LogP) is 5.72. The number of carbonyl (C=O) groups is 2. The maximum Gasteiger partial charge on any atom is 0.337 e. The number of carboxylic acid groups (broad SMARTS) is 1. The fourth-order valence-corrected chi connectivity index (χ4v) is 3.49. The predicted molar refractivity (Wildman–Crippen MR) is 121 cm³/mol. The number of carbonyl (C=O) groups excluding carboxylic acids is 1. The molecular weight excluding hydrogens is 416 g/mol. The van der Waals surface area contributed by atoms with E-state index in [4.69, 9.17) is 16.0 Å². The van der Waals surface area contributed by atoms with Crippen LogP contribution in [0, 0.1) is 13.8 Å². The third-order valence-corrected chi connectivity index (χ3v) is 5.52. The molecule has 1 aliphatic heterocycles. The third kappa shape index (κ3) is 3.90. The molecule has 0 aliphatic carbocycles. The van der Waals surface area contributed by atoms with Crippen molar-refractivity contribution in [3.05, 3.63) is 81.6 Å². The summed E-state index contributed by atoms with van der Waals surface area (Å²) in [6.07, 6.45) is 1.64. The quantitative estimate of drug-likeness (QED) is 0.532. The van der Waals surface area contributed by atoms with Gasteiger partial charge in [0.15, 0.2) is 0 Å². The Morgan fingerprint density at radius 2 is 1.84 bits per heavy atom. The van der Waals surface area contributed by atoms with E-state index in [0.717, 1.165) is 11.1 Å². The molecule has 0 spiro atoms. The first-order valence-electron chi connectivity index (χ1n) is 9.56. The second-order valence-corrected chi connectivity index (χ2v) is 7.74. The van der Waals surface area contributed by atoms with Gasteiger partial charge in [0.2, 0.25) is 0 Å². The van der Waals surface area contributed by atoms with Crippen LogP contribution in [0.3, 0.4) is 0 Å². The summed E-state index contributed by atoms with van der Waals surface area (Å²) >= 11 is 5.94. The highest BCUT2D eigenvalue weighted by atomic mass is 35.5. The van der Waals surface area contributed by atoms with Crippen LogP contribution in [0.25, 0.3) is 17.4 Å². The zero-order valence-corrected chi connectivity index (χ0v) is 17.9. The van der Waals surface area contributed by atoms with Crippen LogP contribution in [-0.2, 0) is 4.79 Å². The van der Waals surface area contributed by atoms with Crippen molar-refractivity contribution in [1.82, 2.24) is 0 Å². The normalized spacial score (nSPS) is 15.0. The number of benzene rings is 2. The monoisotopic (exact) mass is 434 g/mol. The van der Waals surface area contributed by atoms with E-state index in [1.165, 1.54) is 17.1 Å². The minimum atomic E-state index is -1.12. The van der Waals surface area contributed by atoms with Crippen molar-refractivity contribution in [2.45, 2.75) is 20.8 Å². The Balaban J connectivity index is 1.63. The van der Waals surface area contributed by atoms with Gasteiger partial charge in [-0.2, -0.15) is 10.1 Å². The number of amides is 1. The molecule has 0 radical (unpaired) electrons. The number of anilines is 1. The number of hydrogen-bond acceptors (Lipinski definition) is 4. The van der Waals surface area contributed by atoms with Gasteiger partial charge in [0.1, 0.15) is 11.5 Å². The molecule has 1 aliphatic rings. The van der Waals surface area contributed by atoms with Crippen molar-refractivity contribution in [3.8, 4) is 11.3 Å². The average Bonchev–Trinajstić information content (AvgIpc) is 3.30. The summed E-state index contributed by atoms with van der Waals surface area (Å²) in [6.45, 7) is 5.77. The summed E-state index contributed by atoms with van der Waals surface area (Å²) in [7, 11) is 0. The molecule has 1 amide bonds. The van der Waals surface area contributed by atoms with Gasteiger partial charge in [-0.1, -0.05) is 17.7 Å². The molecule has 6 nitrogen and oxygen atoms in total. The number of hydrazone groups is 1. The minimum absolute atomic E-state index is 0.00606. The van der Waals surface area contributed by atoms with Gasteiger partial charge in [-0.05, 0) is 80.4 Å². The molecule has 2 heterocycles. The van der Waals surface area contributed by atoms with E-state index in [0.29, 0.717) is 34.1 Å². The molecule has 7 heteroatoms. The van der Waals surface area contributed by atoms with Crippen LogP contribution >= 0.6 is 11.6 Å². The second-order valence-electron chi connectivity index (χ2n) is 7.33. The summed E-state index contributed by atoms with van der Waals surface area (Å²) < 4.78 is 5.84. The lowest BCUT2D eigenvalue weighted by molar-refractivity contribution is -0.114. The Labute approximate surface area is 184 Å². The number of aryl methyl sites for hydroxylation is 2. The molecule has 0 bridgehead atoms. The molecule has 156 valence electrons. The van der Waals surface area contributed by atoms with Gasteiger partial charge in [-0.25, -0.2) is 4.79 Å². The zero-order valence-electron chi connectivity index (χ0n) is 17.1.